The fraction of sp³-hybridized carbons (Fsp3) is 0.500. The molecule has 1 aromatic rings. The molecule has 0 aliphatic rings. The summed E-state index contributed by atoms with van der Waals surface area (Å²) >= 11 is 0. The minimum Gasteiger partial charge on any atom is -0.270 e. The fourth-order valence-corrected chi connectivity index (χ4v) is 0.999. The van der Waals surface area contributed by atoms with Gasteiger partial charge in [-0.2, -0.15) is 0 Å². The Morgan fingerprint density at radius 1 is 1.31 bits per heavy atom. The number of H-pyrrole nitrogens is 1. The Hall–Kier alpha value is -1.36. The van der Waals surface area contributed by atoms with Crippen LogP contribution in [0.5, 0.6) is 0 Å². The minimum atomic E-state index is -0.386. The van der Waals surface area contributed by atoms with Gasteiger partial charge in [0.2, 0.25) is 0 Å². The fourth-order valence-electron chi connectivity index (χ4n) is 0.999. The molecule has 0 saturated carbocycles. The summed E-state index contributed by atoms with van der Waals surface area (Å²) in [5.74, 6) is 0. The number of nitrogens with zero attached hydrogens (tertiary/aromatic N) is 2. The molecule has 0 unspecified atom stereocenters. The molecule has 1 N–H and O–H groups in total. The van der Waals surface area contributed by atoms with Crippen molar-refractivity contribution in [2.24, 2.45) is 0 Å². The Morgan fingerprint density at radius 2 is 1.85 bits per heavy atom. The number of rotatable bonds is 1. The molecule has 0 bridgehead atoms. The van der Waals surface area contributed by atoms with Gasteiger partial charge >= 0.3 is 5.69 Å². The lowest BCUT2D eigenvalue weighted by molar-refractivity contribution is 0.243. The van der Waals surface area contributed by atoms with Crippen molar-refractivity contribution >= 4 is 0 Å². The molecular formula is C8H14N3O2+. The minimum absolute atomic E-state index is 0.324. The molecular weight excluding hydrogens is 170 g/mol. The third-order valence-electron chi connectivity index (χ3n) is 1.75. The van der Waals surface area contributed by atoms with E-state index < -0.39 is 0 Å². The normalized spacial score (nSPS) is 11.7. The smallest absolute Gasteiger partial charge is 0.270 e. The molecule has 0 atom stereocenters. The molecule has 0 amide bonds. The predicted molar refractivity (Wildman–Crippen MR) is 51.4 cm³/mol. The molecule has 0 spiro atoms. The lowest BCUT2D eigenvalue weighted by Crippen LogP contribution is -2.54. The average molecular weight is 184 g/mol. The summed E-state index contributed by atoms with van der Waals surface area (Å²) in [7, 11) is 5.54. The zero-order valence-corrected chi connectivity index (χ0v) is 8.29. The van der Waals surface area contributed by atoms with Crippen LogP contribution >= 0.6 is 0 Å². The first kappa shape index (κ1) is 9.73. The molecule has 5 nitrogen and oxygen atoms in total. The van der Waals surface area contributed by atoms with Crippen LogP contribution in [-0.2, 0) is 0 Å². The summed E-state index contributed by atoms with van der Waals surface area (Å²) < 4.78 is 1.78. The first-order valence-corrected chi connectivity index (χ1v) is 3.97. The van der Waals surface area contributed by atoms with E-state index in [-0.39, 0.29) is 11.2 Å². The SMILES string of the molecule is Cc1cn([N+](C)(C)C)c(=O)[nH]c1=O. The van der Waals surface area contributed by atoms with Crippen LogP contribution in [0.1, 0.15) is 5.56 Å². The van der Waals surface area contributed by atoms with Crippen molar-refractivity contribution in [1.82, 2.24) is 14.3 Å². The predicted octanol–water partition coefficient (Wildman–Crippen LogP) is -0.827. The maximum atomic E-state index is 11.3. The number of nitrogens with one attached hydrogen (secondary N) is 1. The Kier molecular flexibility index (Phi) is 2.13. The van der Waals surface area contributed by atoms with Gasteiger partial charge < -0.3 is 0 Å². The zero-order chi connectivity index (χ0) is 10.2. The molecule has 1 rings (SSSR count). The van der Waals surface area contributed by atoms with Crippen LogP contribution in [0.2, 0.25) is 0 Å². The second-order valence-electron chi connectivity index (χ2n) is 3.86. The summed E-state index contributed by atoms with van der Waals surface area (Å²) in [6, 6.07) is 0. The van der Waals surface area contributed by atoms with E-state index in [4.69, 9.17) is 0 Å². The van der Waals surface area contributed by atoms with E-state index in [0.29, 0.717) is 10.2 Å². The second kappa shape index (κ2) is 2.85. The Bertz CT molecular complexity index is 422. The molecule has 0 aliphatic carbocycles. The monoisotopic (exact) mass is 184 g/mol. The van der Waals surface area contributed by atoms with Crippen LogP contribution in [0.4, 0.5) is 0 Å². The van der Waals surface area contributed by atoms with Gasteiger partial charge in [-0.3, -0.25) is 9.78 Å². The lowest BCUT2D eigenvalue weighted by atomic mass is 10.4. The quantitative estimate of drug-likeness (QED) is 0.579. The van der Waals surface area contributed by atoms with E-state index in [2.05, 4.69) is 4.98 Å². The van der Waals surface area contributed by atoms with Gasteiger partial charge in [-0.25, -0.2) is 9.39 Å². The zero-order valence-electron chi connectivity index (χ0n) is 8.29. The van der Waals surface area contributed by atoms with Gasteiger partial charge in [0.1, 0.15) is 0 Å². The maximum Gasteiger partial charge on any atom is 0.372 e. The van der Waals surface area contributed by atoms with Crippen LogP contribution in [-0.4, -0.2) is 30.8 Å². The van der Waals surface area contributed by atoms with Crippen LogP contribution in [0.3, 0.4) is 0 Å². The van der Waals surface area contributed by atoms with E-state index >= 15 is 0 Å². The van der Waals surface area contributed by atoms with Crippen molar-refractivity contribution < 1.29 is 0 Å². The molecule has 0 radical (unpaired) electrons. The highest BCUT2D eigenvalue weighted by molar-refractivity contribution is 5.01. The Labute approximate surface area is 75.8 Å². The van der Waals surface area contributed by atoms with E-state index in [1.54, 1.807) is 13.1 Å². The van der Waals surface area contributed by atoms with Crippen LogP contribution in [0.25, 0.3) is 0 Å². The Balaban J connectivity index is 3.51. The van der Waals surface area contributed by atoms with Gasteiger partial charge in [-0.15, -0.1) is 4.68 Å². The lowest BCUT2D eigenvalue weighted by Gasteiger charge is -2.24. The second-order valence-corrected chi connectivity index (χ2v) is 3.86. The van der Waals surface area contributed by atoms with Crippen molar-refractivity contribution in [3.63, 3.8) is 0 Å². The molecule has 0 saturated heterocycles. The van der Waals surface area contributed by atoms with E-state index in [1.165, 1.54) is 4.68 Å². The standard InChI is InChI=1S/C8H13N3O2/c1-6-5-10(11(2,3)4)8(13)9-7(6)12/h5H,1-4H3/p+1. The molecule has 13 heavy (non-hydrogen) atoms. The molecule has 1 aromatic heterocycles. The molecule has 5 heteroatoms. The number of aromatic nitrogens is 2. The molecule has 72 valence electrons. The third-order valence-corrected chi connectivity index (χ3v) is 1.75. The first-order chi connectivity index (χ1) is 5.82. The van der Waals surface area contributed by atoms with Gasteiger partial charge in [0.05, 0.1) is 27.3 Å². The summed E-state index contributed by atoms with van der Waals surface area (Å²) in [6.07, 6.45) is 1.56. The number of hydrogen-bond acceptors (Lipinski definition) is 2. The summed E-state index contributed by atoms with van der Waals surface area (Å²) in [5.41, 5.74) is -0.176. The molecule has 0 fully saturated rings. The topological polar surface area (TPSA) is 54.9 Å². The number of aryl methyl sites for hydroxylation is 1. The summed E-state index contributed by atoms with van der Waals surface area (Å²) in [4.78, 5) is 24.6. The maximum absolute atomic E-state index is 11.3. The van der Waals surface area contributed by atoms with Crippen molar-refractivity contribution in [1.29, 1.82) is 0 Å². The number of hydrogen-bond donors (Lipinski definition) is 1. The third kappa shape index (κ3) is 1.86. The van der Waals surface area contributed by atoms with Gasteiger partial charge in [-0.1, -0.05) is 0 Å². The molecule has 0 aliphatic heterocycles. The van der Waals surface area contributed by atoms with Crippen molar-refractivity contribution in [2.45, 2.75) is 6.92 Å². The molecule has 1 heterocycles. The summed E-state index contributed by atoms with van der Waals surface area (Å²) in [5, 5.41) is 0. The average Bonchev–Trinajstić information content (AvgIpc) is 1.94. The van der Waals surface area contributed by atoms with Crippen molar-refractivity contribution in [2.75, 3.05) is 21.1 Å². The van der Waals surface area contributed by atoms with Crippen molar-refractivity contribution in [3.8, 4) is 0 Å². The Morgan fingerprint density at radius 3 is 2.31 bits per heavy atom. The van der Waals surface area contributed by atoms with Crippen LogP contribution < -0.4 is 15.8 Å². The van der Waals surface area contributed by atoms with E-state index in [0.717, 1.165) is 0 Å². The van der Waals surface area contributed by atoms with Gasteiger partial charge in [0.15, 0.2) is 0 Å². The molecule has 0 aromatic carbocycles. The van der Waals surface area contributed by atoms with Crippen LogP contribution in [0.15, 0.2) is 15.8 Å². The van der Waals surface area contributed by atoms with Crippen LogP contribution in [0, 0.1) is 6.92 Å². The van der Waals surface area contributed by atoms with Gasteiger partial charge in [0, 0.05) is 5.56 Å². The highest BCUT2D eigenvalue weighted by atomic mass is 16.2. The van der Waals surface area contributed by atoms with E-state index in [9.17, 15) is 9.59 Å². The highest BCUT2D eigenvalue weighted by Gasteiger charge is 2.13. The van der Waals surface area contributed by atoms with Gasteiger partial charge in [0.25, 0.3) is 5.56 Å². The largest absolute Gasteiger partial charge is 0.372 e. The number of aromatic amines is 1. The summed E-state index contributed by atoms with van der Waals surface area (Å²) in [6.45, 7) is 1.67. The highest BCUT2D eigenvalue weighted by Crippen LogP contribution is 1.89. The number of quaternary nitrogens is 1. The van der Waals surface area contributed by atoms with E-state index in [1.807, 2.05) is 21.1 Å². The van der Waals surface area contributed by atoms with Crippen molar-refractivity contribution in [3.05, 3.63) is 32.6 Å². The van der Waals surface area contributed by atoms with Gasteiger partial charge in [-0.05, 0) is 6.92 Å². The first-order valence-electron chi connectivity index (χ1n) is 3.97.